The van der Waals surface area contributed by atoms with Crippen LogP contribution in [0.15, 0.2) is 24.3 Å². The molecule has 0 saturated heterocycles. The Labute approximate surface area is 143 Å². The normalized spacial score (nSPS) is 13.1. The quantitative estimate of drug-likeness (QED) is 0.857. The fraction of sp³-hybridized carbons (Fsp3) is 0.500. The molecule has 0 fully saturated rings. The summed E-state index contributed by atoms with van der Waals surface area (Å²) in [6, 6.07) is 2.97. The lowest BCUT2D eigenvalue weighted by atomic mass is 10.1. The SMILES string of the molecule is CCN(C(=O)OC(C)(C)C)C(C(=O)O)c1cccc(OC(F)(F)F)c1. The van der Waals surface area contributed by atoms with Crippen LogP contribution in [0.5, 0.6) is 5.75 Å². The van der Waals surface area contributed by atoms with Gasteiger partial charge in [0.25, 0.3) is 0 Å². The monoisotopic (exact) mass is 363 g/mol. The first-order valence-corrected chi connectivity index (χ1v) is 7.42. The second-order valence-electron chi connectivity index (χ2n) is 6.13. The van der Waals surface area contributed by atoms with Crippen LogP contribution in [-0.2, 0) is 9.53 Å². The molecule has 0 aliphatic carbocycles. The summed E-state index contributed by atoms with van der Waals surface area (Å²) >= 11 is 0. The molecule has 140 valence electrons. The Morgan fingerprint density at radius 1 is 1.24 bits per heavy atom. The summed E-state index contributed by atoms with van der Waals surface area (Å²) in [5.74, 6) is -1.98. The second-order valence-corrected chi connectivity index (χ2v) is 6.13. The molecule has 1 atom stereocenters. The number of rotatable bonds is 5. The fourth-order valence-corrected chi connectivity index (χ4v) is 2.08. The smallest absolute Gasteiger partial charge is 0.479 e. The molecule has 1 unspecified atom stereocenters. The number of carboxylic acid groups (broad SMARTS) is 1. The molecule has 0 aromatic heterocycles. The predicted molar refractivity (Wildman–Crippen MR) is 82.1 cm³/mol. The lowest BCUT2D eigenvalue weighted by Crippen LogP contribution is -2.42. The van der Waals surface area contributed by atoms with E-state index in [0.29, 0.717) is 0 Å². The summed E-state index contributed by atoms with van der Waals surface area (Å²) < 4.78 is 46.0. The van der Waals surface area contributed by atoms with Crippen LogP contribution in [-0.4, -0.2) is 40.6 Å². The first-order chi connectivity index (χ1) is 11.3. The molecule has 1 amide bonds. The van der Waals surface area contributed by atoms with Gasteiger partial charge in [-0.3, -0.25) is 4.90 Å². The third-order valence-corrected chi connectivity index (χ3v) is 2.92. The van der Waals surface area contributed by atoms with E-state index >= 15 is 0 Å². The minimum Gasteiger partial charge on any atom is -0.479 e. The molecule has 6 nitrogen and oxygen atoms in total. The maximum absolute atomic E-state index is 12.3. The van der Waals surface area contributed by atoms with Gasteiger partial charge in [-0.15, -0.1) is 13.2 Å². The van der Waals surface area contributed by atoms with Crippen LogP contribution < -0.4 is 4.74 Å². The number of amides is 1. The molecule has 0 aliphatic rings. The van der Waals surface area contributed by atoms with Crippen molar-refractivity contribution in [3.8, 4) is 5.75 Å². The van der Waals surface area contributed by atoms with Gasteiger partial charge in [-0.2, -0.15) is 0 Å². The van der Waals surface area contributed by atoms with E-state index < -0.39 is 35.8 Å². The van der Waals surface area contributed by atoms with Gasteiger partial charge in [-0.25, -0.2) is 9.59 Å². The highest BCUT2D eigenvalue weighted by molar-refractivity contribution is 5.81. The van der Waals surface area contributed by atoms with E-state index in [1.165, 1.54) is 19.1 Å². The zero-order valence-electron chi connectivity index (χ0n) is 14.3. The highest BCUT2D eigenvalue weighted by atomic mass is 19.4. The summed E-state index contributed by atoms with van der Waals surface area (Å²) in [6.45, 7) is 6.37. The Bertz CT molecular complexity index is 625. The number of halogens is 3. The van der Waals surface area contributed by atoms with Crippen molar-refractivity contribution in [3.05, 3.63) is 29.8 Å². The van der Waals surface area contributed by atoms with E-state index in [-0.39, 0.29) is 12.1 Å². The number of ether oxygens (including phenoxy) is 2. The molecule has 1 aromatic rings. The third kappa shape index (κ3) is 6.52. The maximum atomic E-state index is 12.3. The topological polar surface area (TPSA) is 76.1 Å². The molecule has 1 aromatic carbocycles. The van der Waals surface area contributed by atoms with Gasteiger partial charge in [-0.1, -0.05) is 12.1 Å². The van der Waals surface area contributed by atoms with Crippen molar-refractivity contribution in [3.63, 3.8) is 0 Å². The average molecular weight is 363 g/mol. The number of hydrogen-bond acceptors (Lipinski definition) is 4. The van der Waals surface area contributed by atoms with Gasteiger partial charge in [0, 0.05) is 6.54 Å². The Hall–Kier alpha value is -2.45. The molecule has 0 radical (unpaired) electrons. The summed E-state index contributed by atoms with van der Waals surface area (Å²) in [6.07, 6.45) is -5.79. The van der Waals surface area contributed by atoms with Crippen LogP contribution in [0.1, 0.15) is 39.3 Å². The summed E-state index contributed by atoms with van der Waals surface area (Å²) in [4.78, 5) is 24.8. The molecule has 0 spiro atoms. The van der Waals surface area contributed by atoms with Crippen LogP contribution in [0.25, 0.3) is 0 Å². The lowest BCUT2D eigenvalue weighted by molar-refractivity contribution is -0.274. The fourth-order valence-electron chi connectivity index (χ4n) is 2.08. The number of carbonyl (C=O) groups is 2. The number of carbonyl (C=O) groups excluding carboxylic acids is 1. The van der Waals surface area contributed by atoms with Crippen LogP contribution in [0, 0.1) is 0 Å². The zero-order valence-corrected chi connectivity index (χ0v) is 14.3. The molecular formula is C16H20F3NO5. The van der Waals surface area contributed by atoms with Gasteiger partial charge in [0.1, 0.15) is 11.4 Å². The van der Waals surface area contributed by atoms with E-state index in [9.17, 15) is 27.9 Å². The van der Waals surface area contributed by atoms with Crippen LogP contribution in [0.4, 0.5) is 18.0 Å². The van der Waals surface area contributed by atoms with E-state index in [4.69, 9.17) is 4.74 Å². The summed E-state index contributed by atoms with van der Waals surface area (Å²) in [5, 5.41) is 9.49. The number of hydrogen-bond donors (Lipinski definition) is 1. The Kier molecular flexibility index (Phi) is 6.28. The number of benzene rings is 1. The van der Waals surface area contributed by atoms with Crippen molar-refractivity contribution in [2.75, 3.05) is 6.54 Å². The van der Waals surface area contributed by atoms with Crippen LogP contribution in [0.2, 0.25) is 0 Å². The van der Waals surface area contributed by atoms with Gasteiger partial charge in [-0.05, 0) is 45.4 Å². The summed E-state index contributed by atoms with van der Waals surface area (Å²) in [5.41, 5.74) is -0.892. The molecule has 9 heteroatoms. The lowest BCUT2D eigenvalue weighted by Gasteiger charge is -2.31. The van der Waals surface area contributed by atoms with Crippen LogP contribution in [0.3, 0.4) is 0 Å². The Morgan fingerprint density at radius 2 is 1.84 bits per heavy atom. The highest BCUT2D eigenvalue weighted by Crippen LogP contribution is 2.29. The highest BCUT2D eigenvalue weighted by Gasteiger charge is 2.35. The van der Waals surface area contributed by atoms with Gasteiger partial charge in [0.15, 0.2) is 6.04 Å². The van der Waals surface area contributed by atoms with E-state index in [2.05, 4.69) is 4.74 Å². The molecule has 1 rings (SSSR count). The minimum absolute atomic E-state index is 0.0176. The van der Waals surface area contributed by atoms with Gasteiger partial charge in [0.2, 0.25) is 0 Å². The Morgan fingerprint density at radius 3 is 2.28 bits per heavy atom. The second kappa shape index (κ2) is 7.62. The van der Waals surface area contributed by atoms with E-state index in [1.54, 1.807) is 20.8 Å². The molecule has 0 aliphatic heterocycles. The van der Waals surface area contributed by atoms with E-state index in [0.717, 1.165) is 17.0 Å². The van der Waals surface area contributed by atoms with Crippen LogP contribution >= 0.6 is 0 Å². The van der Waals surface area contributed by atoms with Crippen molar-refractivity contribution in [2.45, 2.75) is 45.7 Å². The molecular weight excluding hydrogens is 343 g/mol. The molecule has 25 heavy (non-hydrogen) atoms. The van der Waals surface area contributed by atoms with Gasteiger partial charge in [0.05, 0.1) is 0 Å². The standard InChI is InChI=1S/C16H20F3NO5/c1-5-20(14(23)25-15(2,3)4)12(13(21)22)10-7-6-8-11(9-10)24-16(17,18)19/h6-9,12H,5H2,1-4H3,(H,21,22). The number of aliphatic carboxylic acids is 1. The van der Waals surface area contributed by atoms with Crippen molar-refractivity contribution in [2.24, 2.45) is 0 Å². The van der Waals surface area contributed by atoms with Gasteiger partial charge >= 0.3 is 18.4 Å². The third-order valence-electron chi connectivity index (χ3n) is 2.92. The minimum atomic E-state index is -4.91. The number of alkyl halides is 3. The molecule has 0 bridgehead atoms. The van der Waals surface area contributed by atoms with Crippen molar-refractivity contribution >= 4 is 12.1 Å². The number of nitrogens with zero attached hydrogens (tertiary/aromatic N) is 1. The maximum Gasteiger partial charge on any atom is 0.573 e. The average Bonchev–Trinajstić information content (AvgIpc) is 2.40. The van der Waals surface area contributed by atoms with E-state index in [1.807, 2.05) is 0 Å². The molecule has 0 heterocycles. The van der Waals surface area contributed by atoms with Crippen molar-refractivity contribution < 1.29 is 37.3 Å². The predicted octanol–water partition coefficient (Wildman–Crippen LogP) is 3.97. The first-order valence-electron chi connectivity index (χ1n) is 7.42. The Balaban J connectivity index is 3.20. The number of carboxylic acids is 1. The van der Waals surface area contributed by atoms with Crippen molar-refractivity contribution in [1.29, 1.82) is 0 Å². The zero-order chi connectivity index (χ0) is 19.4. The number of likely N-dealkylation sites (N-methyl/N-ethyl adjacent to an activating group) is 1. The molecule has 1 N–H and O–H groups in total. The van der Waals surface area contributed by atoms with Crippen molar-refractivity contribution in [1.82, 2.24) is 4.90 Å². The summed E-state index contributed by atoms with van der Waals surface area (Å²) in [7, 11) is 0. The largest absolute Gasteiger partial charge is 0.573 e. The first kappa shape index (κ1) is 20.6. The van der Waals surface area contributed by atoms with Gasteiger partial charge < -0.3 is 14.6 Å². The molecule has 0 saturated carbocycles.